The molecule has 0 aliphatic carbocycles. The molecule has 0 fully saturated rings. The Balaban J connectivity index is 1.47. The minimum absolute atomic E-state index is 0.112. The van der Waals surface area contributed by atoms with Gasteiger partial charge in [0, 0.05) is 6.07 Å². The van der Waals surface area contributed by atoms with E-state index in [1.54, 1.807) is 74.9 Å². The number of aromatic nitrogens is 3. The molecule has 0 amide bonds. The molecule has 5 aromatic rings. The van der Waals surface area contributed by atoms with Crippen molar-refractivity contribution in [2.75, 3.05) is 14.2 Å². The maximum absolute atomic E-state index is 13.0. The molecule has 9 heteroatoms. The number of hydrogen-bond acceptors (Lipinski definition) is 8. The lowest BCUT2D eigenvalue weighted by molar-refractivity contribution is 0.0732. The zero-order valence-corrected chi connectivity index (χ0v) is 20.0. The summed E-state index contributed by atoms with van der Waals surface area (Å²) in [5.41, 5.74) is 2.38. The molecule has 5 rings (SSSR count). The van der Waals surface area contributed by atoms with Crippen LogP contribution in [-0.2, 0) is 0 Å². The molecule has 1 heterocycles. The molecule has 0 unspecified atom stereocenters. The average molecular weight is 495 g/mol. The summed E-state index contributed by atoms with van der Waals surface area (Å²) in [6.45, 7) is 0. The summed E-state index contributed by atoms with van der Waals surface area (Å²) in [7, 11) is 3.08. The maximum atomic E-state index is 13.0. The van der Waals surface area contributed by atoms with E-state index in [9.17, 15) is 9.59 Å². The highest BCUT2D eigenvalue weighted by Crippen LogP contribution is 2.30. The standard InChI is InChI=1S/C28H21N3O6/c1-34-20-11-7-18(8-12-20)27(32)36-22-15-16-25(31-29-23-5-3-4-6-24(23)30-31)26(17-22)37-28(33)19-9-13-21(35-2)14-10-19/h3-17H,1-2H3. The van der Waals surface area contributed by atoms with E-state index >= 15 is 0 Å². The number of hydrogen-bond donors (Lipinski definition) is 0. The van der Waals surface area contributed by atoms with Crippen molar-refractivity contribution in [3.05, 3.63) is 102 Å². The molecule has 0 bridgehead atoms. The van der Waals surface area contributed by atoms with Crippen LogP contribution in [0.3, 0.4) is 0 Å². The summed E-state index contributed by atoms with van der Waals surface area (Å²) in [5.74, 6) is 0.329. The number of rotatable bonds is 7. The van der Waals surface area contributed by atoms with E-state index in [1.807, 2.05) is 24.3 Å². The molecule has 0 atom stereocenters. The van der Waals surface area contributed by atoms with Gasteiger partial charge in [-0.3, -0.25) is 0 Å². The largest absolute Gasteiger partial charge is 0.497 e. The van der Waals surface area contributed by atoms with Crippen molar-refractivity contribution >= 4 is 23.0 Å². The van der Waals surface area contributed by atoms with Gasteiger partial charge < -0.3 is 18.9 Å². The minimum Gasteiger partial charge on any atom is -0.497 e. The van der Waals surface area contributed by atoms with Crippen molar-refractivity contribution in [3.8, 4) is 28.7 Å². The van der Waals surface area contributed by atoms with Crippen molar-refractivity contribution in [3.63, 3.8) is 0 Å². The monoisotopic (exact) mass is 495 g/mol. The van der Waals surface area contributed by atoms with Gasteiger partial charge in [-0.05, 0) is 72.8 Å². The van der Waals surface area contributed by atoms with Gasteiger partial charge >= 0.3 is 11.9 Å². The van der Waals surface area contributed by atoms with E-state index in [-0.39, 0.29) is 11.5 Å². The number of benzene rings is 4. The highest BCUT2D eigenvalue weighted by atomic mass is 16.5. The zero-order valence-electron chi connectivity index (χ0n) is 20.0. The highest BCUT2D eigenvalue weighted by molar-refractivity contribution is 5.92. The Labute approximate surface area is 211 Å². The lowest BCUT2D eigenvalue weighted by Crippen LogP contribution is -2.13. The SMILES string of the molecule is COc1ccc(C(=O)Oc2ccc(-n3nc4ccccc4n3)c(OC(=O)c3ccc(OC)cc3)c2)cc1. The third kappa shape index (κ3) is 5.10. The van der Waals surface area contributed by atoms with Crippen molar-refractivity contribution in [1.82, 2.24) is 15.0 Å². The minimum atomic E-state index is -0.612. The summed E-state index contributed by atoms with van der Waals surface area (Å²) in [5, 5.41) is 8.96. The van der Waals surface area contributed by atoms with Crippen LogP contribution < -0.4 is 18.9 Å². The van der Waals surface area contributed by atoms with Gasteiger partial charge in [0.2, 0.25) is 0 Å². The van der Waals surface area contributed by atoms with Crippen LogP contribution in [0.5, 0.6) is 23.0 Å². The summed E-state index contributed by atoms with van der Waals surface area (Å²) in [6.07, 6.45) is 0. The van der Waals surface area contributed by atoms with E-state index in [2.05, 4.69) is 10.2 Å². The molecule has 0 saturated carbocycles. The van der Waals surface area contributed by atoms with Gasteiger partial charge in [0.25, 0.3) is 0 Å². The average Bonchev–Trinajstić information content (AvgIpc) is 3.37. The maximum Gasteiger partial charge on any atom is 0.343 e. The molecule has 0 aliphatic heterocycles. The number of esters is 2. The van der Waals surface area contributed by atoms with Gasteiger partial charge in [0.15, 0.2) is 5.75 Å². The molecular weight excluding hydrogens is 474 g/mol. The summed E-state index contributed by atoms with van der Waals surface area (Å²) in [6, 6.07) is 25.0. The first kappa shape index (κ1) is 23.6. The quantitative estimate of drug-likeness (QED) is 0.233. The summed E-state index contributed by atoms with van der Waals surface area (Å²) in [4.78, 5) is 27.0. The molecule has 4 aromatic carbocycles. The van der Waals surface area contributed by atoms with Crippen LogP contribution in [0.4, 0.5) is 0 Å². The second kappa shape index (κ2) is 10.2. The van der Waals surface area contributed by atoms with Gasteiger partial charge in [-0.25, -0.2) is 9.59 Å². The van der Waals surface area contributed by atoms with Gasteiger partial charge in [0.1, 0.15) is 34.0 Å². The Bertz CT molecular complexity index is 1540. The van der Waals surface area contributed by atoms with Crippen LogP contribution in [0, 0.1) is 0 Å². The number of carbonyl (C=O) groups excluding carboxylic acids is 2. The second-order valence-electron chi connectivity index (χ2n) is 7.84. The first-order valence-corrected chi connectivity index (χ1v) is 11.2. The smallest absolute Gasteiger partial charge is 0.343 e. The first-order valence-electron chi connectivity index (χ1n) is 11.2. The van der Waals surface area contributed by atoms with E-state index in [4.69, 9.17) is 18.9 Å². The van der Waals surface area contributed by atoms with E-state index in [0.717, 1.165) is 0 Å². The molecule has 9 nitrogen and oxygen atoms in total. The van der Waals surface area contributed by atoms with Crippen LogP contribution in [0.2, 0.25) is 0 Å². The molecule has 0 aliphatic rings. The van der Waals surface area contributed by atoms with E-state index in [1.165, 1.54) is 10.9 Å². The molecule has 1 aromatic heterocycles. The number of nitrogens with zero attached hydrogens (tertiary/aromatic N) is 3. The molecule has 0 saturated heterocycles. The Hall–Kier alpha value is -5.18. The number of fused-ring (bicyclic) bond motifs is 1. The first-order chi connectivity index (χ1) is 18.0. The molecule has 184 valence electrons. The van der Waals surface area contributed by atoms with Crippen LogP contribution in [0.25, 0.3) is 16.7 Å². The van der Waals surface area contributed by atoms with Gasteiger partial charge in [-0.15, -0.1) is 15.0 Å². The second-order valence-corrected chi connectivity index (χ2v) is 7.84. The van der Waals surface area contributed by atoms with Crippen molar-refractivity contribution < 1.29 is 28.5 Å². The highest BCUT2D eigenvalue weighted by Gasteiger charge is 2.18. The summed E-state index contributed by atoms with van der Waals surface area (Å²) < 4.78 is 21.5. The normalized spacial score (nSPS) is 10.6. The Morgan fingerprint density at radius 2 is 1.11 bits per heavy atom. The Morgan fingerprint density at radius 1 is 0.622 bits per heavy atom. The fourth-order valence-electron chi connectivity index (χ4n) is 3.55. The van der Waals surface area contributed by atoms with Gasteiger partial charge in [0.05, 0.1) is 25.3 Å². The Kier molecular flexibility index (Phi) is 6.50. The third-order valence-electron chi connectivity index (χ3n) is 5.50. The van der Waals surface area contributed by atoms with Crippen molar-refractivity contribution in [1.29, 1.82) is 0 Å². The fraction of sp³-hybridized carbons (Fsp3) is 0.0714. The lowest BCUT2D eigenvalue weighted by Gasteiger charge is -2.12. The topological polar surface area (TPSA) is 102 Å². The van der Waals surface area contributed by atoms with Crippen LogP contribution in [-0.4, -0.2) is 41.2 Å². The van der Waals surface area contributed by atoms with Crippen LogP contribution in [0.15, 0.2) is 91.0 Å². The summed E-state index contributed by atoms with van der Waals surface area (Å²) >= 11 is 0. The molecule has 0 spiro atoms. The number of ether oxygens (including phenoxy) is 4. The van der Waals surface area contributed by atoms with E-state index in [0.29, 0.717) is 39.3 Å². The number of methoxy groups -OCH3 is 2. The molecular formula is C28H21N3O6. The van der Waals surface area contributed by atoms with Crippen molar-refractivity contribution in [2.24, 2.45) is 0 Å². The lowest BCUT2D eigenvalue weighted by atomic mass is 10.2. The van der Waals surface area contributed by atoms with Gasteiger partial charge in [-0.1, -0.05) is 12.1 Å². The third-order valence-corrected chi connectivity index (χ3v) is 5.50. The molecule has 37 heavy (non-hydrogen) atoms. The molecule has 0 N–H and O–H groups in total. The van der Waals surface area contributed by atoms with Crippen LogP contribution in [0.1, 0.15) is 20.7 Å². The van der Waals surface area contributed by atoms with Crippen molar-refractivity contribution in [2.45, 2.75) is 0 Å². The van der Waals surface area contributed by atoms with E-state index < -0.39 is 11.9 Å². The number of carbonyl (C=O) groups is 2. The molecule has 0 radical (unpaired) electrons. The predicted molar refractivity (Wildman–Crippen MR) is 135 cm³/mol. The van der Waals surface area contributed by atoms with Crippen LogP contribution >= 0.6 is 0 Å². The predicted octanol–water partition coefficient (Wildman–Crippen LogP) is 4.88. The fourth-order valence-corrected chi connectivity index (χ4v) is 3.55. The Morgan fingerprint density at radius 3 is 1.62 bits per heavy atom. The van der Waals surface area contributed by atoms with Gasteiger partial charge in [-0.2, -0.15) is 0 Å². The zero-order chi connectivity index (χ0) is 25.8.